The van der Waals surface area contributed by atoms with E-state index >= 15 is 0 Å². The fourth-order valence-corrected chi connectivity index (χ4v) is 14.5. The Bertz CT molecular complexity index is 5030. The number of aromatic nitrogens is 14. The Kier molecular flexibility index (Phi) is 40.3. The van der Waals surface area contributed by atoms with E-state index in [1.165, 1.54) is 18.4 Å². The summed E-state index contributed by atoms with van der Waals surface area (Å²) in [7, 11) is 6.44. The molecule has 4 aliphatic rings. The molecule has 13 heterocycles. The number of hydrogen-bond acceptors (Lipinski definition) is 25. The number of alkyl halides is 1. The Hall–Kier alpha value is -8.95. The van der Waals surface area contributed by atoms with E-state index in [1.807, 2.05) is 80.0 Å². The molecule has 0 unspecified atom stereocenters. The minimum absolute atomic E-state index is 0. The zero-order chi connectivity index (χ0) is 86.6. The van der Waals surface area contributed by atoms with Crippen molar-refractivity contribution in [2.75, 3.05) is 107 Å². The number of nitrogens with zero attached hydrogens (tertiary/aromatic N) is 17. The van der Waals surface area contributed by atoms with Gasteiger partial charge in [-0.05, 0) is 155 Å². The molecule has 11 aromatic rings. The first kappa shape index (κ1) is 98.9. The predicted octanol–water partition coefficient (Wildman–Crippen LogP) is 13.3. The summed E-state index contributed by atoms with van der Waals surface area (Å²) in [6.45, 7) is 22.3. The summed E-state index contributed by atoms with van der Waals surface area (Å²) in [5, 5.41) is 49.3. The maximum Gasteiger partial charge on any atom is 0.217 e. The Morgan fingerprint density at radius 2 is 0.908 bits per heavy atom. The number of benzene rings is 2. The minimum Gasteiger partial charge on any atom is -0.493 e. The molecule has 33 nitrogen and oxygen atoms in total. The fourth-order valence-electron chi connectivity index (χ4n) is 12.4. The molecule has 15 rings (SSSR count). The van der Waals surface area contributed by atoms with Crippen molar-refractivity contribution in [3.05, 3.63) is 137 Å². The van der Waals surface area contributed by atoms with Crippen LogP contribution in [0.25, 0.3) is 45.1 Å². The molecular weight excluding hydrogens is 1860 g/mol. The molecule has 4 atom stereocenters. The molecule has 8 N–H and O–H groups in total. The number of amides is 4. The van der Waals surface area contributed by atoms with Gasteiger partial charge in [-0.25, -0.2) is 38.0 Å². The van der Waals surface area contributed by atoms with Gasteiger partial charge in [-0.2, -0.15) is 20.4 Å². The number of rotatable bonds is 14. The van der Waals surface area contributed by atoms with Crippen molar-refractivity contribution in [3.8, 4) is 45.5 Å². The number of nitrogens with two attached hydrogens (primary N) is 1. The molecule has 4 amide bonds. The largest absolute Gasteiger partial charge is 0.493 e. The van der Waals surface area contributed by atoms with Crippen LogP contribution in [-0.4, -0.2) is 221 Å². The number of aliphatic hydroxyl groups is 1. The first-order chi connectivity index (χ1) is 56.3. The molecule has 119 heavy (non-hydrogen) atoms. The number of aldehydes is 1. The van der Waals surface area contributed by atoms with E-state index in [1.54, 1.807) is 95.9 Å². The molecule has 4 aliphatic heterocycles. The van der Waals surface area contributed by atoms with Gasteiger partial charge in [0.2, 0.25) is 23.6 Å². The molecule has 4 saturated heterocycles. The van der Waals surface area contributed by atoms with Gasteiger partial charge in [0.1, 0.15) is 15.5 Å². The van der Waals surface area contributed by atoms with E-state index in [0.29, 0.717) is 89.1 Å². The van der Waals surface area contributed by atoms with Crippen LogP contribution in [0.3, 0.4) is 0 Å². The van der Waals surface area contributed by atoms with Crippen molar-refractivity contribution < 1.29 is 48.0 Å². The number of aliphatic hydroxyl groups excluding tert-OH is 1. The van der Waals surface area contributed by atoms with Gasteiger partial charge in [-0.3, -0.25) is 19.2 Å². The van der Waals surface area contributed by atoms with Crippen molar-refractivity contribution in [1.29, 1.82) is 0 Å². The molecule has 42 heteroatoms. The number of carbonyl (C=O) groups excluding carboxylic acids is 5. The van der Waals surface area contributed by atoms with Crippen LogP contribution in [0.15, 0.2) is 105 Å². The number of anilines is 4. The third kappa shape index (κ3) is 28.6. The van der Waals surface area contributed by atoms with Crippen molar-refractivity contribution in [2.45, 2.75) is 126 Å². The monoisotopic (exact) mass is 1950 g/mol. The van der Waals surface area contributed by atoms with Crippen LogP contribution in [0.5, 0.6) is 23.0 Å². The van der Waals surface area contributed by atoms with Crippen molar-refractivity contribution in [1.82, 2.24) is 95.2 Å². The predicted molar refractivity (Wildman–Crippen MR) is 479 cm³/mol. The average molecular weight is 1960 g/mol. The highest BCUT2D eigenvalue weighted by atomic mass is 79.9. The summed E-state index contributed by atoms with van der Waals surface area (Å²) in [4.78, 5) is 77.6. The van der Waals surface area contributed by atoms with Gasteiger partial charge in [-0.15, -0.1) is 21.8 Å². The van der Waals surface area contributed by atoms with E-state index in [9.17, 15) is 19.2 Å². The van der Waals surface area contributed by atoms with Gasteiger partial charge in [0, 0.05) is 127 Å². The second-order valence-corrected chi connectivity index (χ2v) is 31.1. The zero-order valence-electron chi connectivity index (χ0n) is 67.0. The third-order valence-electron chi connectivity index (χ3n) is 17.2. The molecule has 0 radical (unpaired) electrons. The highest BCUT2D eigenvalue weighted by Crippen LogP contribution is 2.38. The van der Waals surface area contributed by atoms with E-state index in [0.717, 1.165) is 137 Å². The Morgan fingerprint density at radius 1 is 0.538 bits per heavy atom. The minimum atomic E-state index is -0.167. The highest BCUT2D eigenvalue weighted by molar-refractivity contribution is 9.11. The van der Waals surface area contributed by atoms with Crippen LogP contribution in [0.4, 0.5) is 22.9 Å². The van der Waals surface area contributed by atoms with Gasteiger partial charge < -0.3 is 75.9 Å². The number of ether oxygens (including phenoxy) is 4. The molecule has 0 bridgehead atoms. The van der Waals surface area contributed by atoms with E-state index in [-0.39, 0.29) is 61.2 Å². The first-order valence-corrected chi connectivity index (χ1v) is 41.7. The van der Waals surface area contributed by atoms with Crippen molar-refractivity contribution in [3.63, 3.8) is 0 Å². The second-order valence-electron chi connectivity index (χ2n) is 26.3. The zero-order valence-corrected chi connectivity index (χ0v) is 76.3. The number of fused-ring (bicyclic) bond motifs is 4. The number of nitrogens with one attached hydrogen (secondary N) is 5. The number of aryl methyl sites for hydroxylation is 1. The summed E-state index contributed by atoms with van der Waals surface area (Å²) < 4.78 is 30.5. The van der Waals surface area contributed by atoms with Crippen molar-refractivity contribution >= 4 is 193 Å². The maximum atomic E-state index is 11.4. The molecule has 2 aromatic carbocycles. The van der Waals surface area contributed by atoms with Crippen LogP contribution in [-0.2, 0) is 24.0 Å². The van der Waals surface area contributed by atoms with Crippen LogP contribution in [0, 0.1) is 6.92 Å². The van der Waals surface area contributed by atoms with Crippen LogP contribution in [0.1, 0.15) is 94.2 Å². The van der Waals surface area contributed by atoms with Crippen LogP contribution < -0.4 is 66.0 Å². The topological polar surface area (TPSA) is 385 Å². The first-order valence-electron chi connectivity index (χ1n) is 36.9. The lowest BCUT2D eigenvalue weighted by molar-refractivity contribution is -0.120. The van der Waals surface area contributed by atoms with Gasteiger partial charge in [0.25, 0.3) is 0 Å². The molecule has 644 valence electrons. The Balaban J connectivity index is 0.000000227. The number of hydrogen-bond donors (Lipinski definition) is 7. The summed E-state index contributed by atoms with van der Waals surface area (Å²) in [6.07, 6.45) is 11.1. The summed E-state index contributed by atoms with van der Waals surface area (Å²) >= 11 is 44.0. The fraction of sp³-hybridized carbons (Fsp3) is 0.416. The number of methoxy groups -OCH3 is 4. The number of halogens is 9. The lowest BCUT2D eigenvalue weighted by Gasteiger charge is -2.20. The SMILES string of the molecule is C.CC.CC(=O)N[C@@H]1CCN(c2cc(Cl)nn3c(Br)cnc23)C1.CC(=O)N[C@@H]1CCNC1.CC(C)O.COc1ccc(-c2cnc3c(N4CC[C@@H](NC(C)=O)C4)cc(C)nn23)cc1OC.COc1ccc(-c2cnc3c(N4CC[C@@H](NC(C)=O)C4)cc(Cl)nn23)cc1OC.Clc1cc(Cl)c2ncc(Br)n2n1.Nc1nnc(Cl)cc1Br.O=CCCl. The molecule has 0 aliphatic carbocycles. The second kappa shape index (κ2) is 48.5. The molecule has 4 fully saturated rings. The average Bonchev–Trinajstić information content (AvgIpc) is 1.64. The van der Waals surface area contributed by atoms with E-state index < -0.39 is 0 Å². The standard InChI is InChI=1S/C21H25N5O3.C20H22ClN5O3.C12H13BrClN5O.C6H2BrCl2N3.C6H12N2O.C4H3BrClN3.C3H8O.C2H3ClO.C2H6.CH4/c1-13-9-17(25-8-7-16(12-25)23-14(2)27)21-22-11-18(26(21)24-13)15-5-6-19(28-3)20(10-15)29-4;1-12(27)23-14-6-7-25(11-14)15-9-19(21)24-26-16(10-22-20(15)26)13-4-5-17(28-2)18(8-13)29-3;1-7(20)16-8-2-3-18(6-8)9-4-11(14)17-19-10(13)5-15-12(9)19;7-4-2-10-6-3(8)1-5(9)11-12(4)6;1-5(9)8-6-2-3-7-4-6;5-2-1-3(6)8-9-4(2)7;1-3(2)4;3-1-2-4;1-2;/h5-6,9-11,16H,7-8,12H2,1-4H3,(H,23,27);4-5,8-10,14H,6-7,11H2,1-3H3,(H,23,27);4-5,8H,2-3,6H2,1H3,(H,16,20);1-2H;6-7H,2-4H2,1H3,(H,8,9);1H,(H2,7,9);3-4H,1-2H3;2H,1H2;1-2H3;1H4/t16-;14-;8-;;6-;;;;;/m111.1...../s1. The lowest BCUT2D eigenvalue weighted by atomic mass is 10.1. The summed E-state index contributed by atoms with van der Waals surface area (Å²) in [5.74, 6) is 3.12. The number of imidazole rings is 4. The van der Waals surface area contributed by atoms with Gasteiger partial charge in [0.15, 0.2) is 72.0 Å². The van der Waals surface area contributed by atoms with E-state index in [4.69, 9.17) is 109 Å². The van der Waals surface area contributed by atoms with Crippen LogP contribution in [0.2, 0.25) is 25.6 Å². The Labute approximate surface area is 745 Å². The summed E-state index contributed by atoms with van der Waals surface area (Å²) in [6, 6.07) is 21.1. The third-order valence-corrected chi connectivity index (χ3v) is 20.0. The normalized spacial score (nSPS) is 15.4. The molecule has 0 saturated carbocycles. The van der Waals surface area contributed by atoms with Crippen LogP contribution >= 0.6 is 117 Å². The molecular formula is C77H98Br3Cl6N23O10. The molecule has 9 aromatic heterocycles. The number of nitrogen functional groups attached to an aromatic ring is 1. The van der Waals surface area contributed by atoms with Crippen molar-refractivity contribution in [2.24, 2.45) is 0 Å². The van der Waals surface area contributed by atoms with Gasteiger partial charge in [0.05, 0.1) is 103 Å². The Morgan fingerprint density at radius 3 is 1.29 bits per heavy atom. The van der Waals surface area contributed by atoms with Gasteiger partial charge >= 0.3 is 0 Å². The van der Waals surface area contributed by atoms with E-state index in [2.05, 4.69) is 141 Å². The number of carbonyl (C=O) groups is 5. The maximum absolute atomic E-state index is 11.4. The van der Waals surface area contributed by atoms with Gasteiger partial charge in [-0.1, -0.05) is 79.3 Å². The summed E-state index contributed by atoms with van der Waals surface area (Å²) in [5.41, 5.74) is 15.4. The molecule has 0 spiro atoms. The highest BCUT2D eigenvalue weighted by Gasteiger charge is 2.30. The quantitative estimate of drug-likeness (QED) is 0.0393. The smallest absolute Gasteiger partial charge is 0.217 e. The lowest BCUT2D eigenvalue weighted by Crippen LogP contribution is -2.35.